The number of hydrogen-bond acceptors (Lipinski definition) is 4. The summed E-state index contributed by atoms with van der Waals surface area (Å²) < 4.78 is 16.0. The summed E-state index contributed by atoms with van der Waals surface area (Å²) in [5.41, 5.74) is 5.09. The van der Waals surface area contributed by atoms with Crippen LogP contribution in [0.2, 0.25) is 0 Å². The molecule has 0 radical (unpaired) electrons. The molecule has 0 spiro atoms. The van der Waals surface area contributed by atoms with E-state index in [4.69, 9.17) is 19.3 Å². The molecule has 3 aromatic rings. The summed E-state index contributed by atoms with van der Waals surface area (Å²) in [5.74, 6) is 5.83. The van der Waals surface area contributed by atoms with Crippen LogP contribution in [-0.2, 0) is 27.1 Å². The highest BCUT2D eigenvalue weighted by atomic mass is 16.5. The Bertz CT molecular complexity index is 1140. The summed E-state index contributed by atoms with van der Waals surface area (Å²) in [7, 11) is 3.05. The number of benzene rings is 3. The number of carboxylic acids is 1. The Morgan fingerprint density at radius 1 is 0.941 bits per heavy atom. The molecular formula is C29H28O5. The first-order valence-corrected chi connectivity index (χ1v) is 10.9. The van der Waals surface area contributed by atoms with Crippen molar-refractivity contribution in [3.8, 4) is 17.6 Å². The molecule has 1 unspecified atom stereocenters. The van der Waals surface area contributed by atoms with Gasteiger partial charge in [-0.05, 0) is 46.5 Å². The molecule has 174 valence electrons. The van der Waals surface area contributed by atoms with Gasteiger partial charge in [-0.25, -0.2) is 4.79 Å². The normalized spacial score (nSPS) is 11.8. The molecule has 0 aliphatic carbocycles. The number of allylic oxidation sites excluding steroid dienone is 1. The van der Waals surface area contributed by atoms with Crippen LogP contribution in [0.25, 0.3) is 5.57 Å². The second-order valence-electron chi connectivity index (χ2n) is 7.62. The first-order chi connectivity index (χ1) is 16.6. The fourth-order valence-corrected chi connectivity index (χ4v) is 3.40. The molecule has 0 saturated heterocycles. The summed E-state index contributed by atoms with van der Waals surface area (Å²) in [6, 6.07) is 25.6. The Balaban J connectivity index is 1.54. The van der Waals surface area contributed by atoms with Gasteiger partial charge >= 0.3 is 5.97 Å². The van der Waals surface area contributed by atoms with Crippen LogP contribution in [-0.4, -0.2) is 38.0 Å². The van der Waals surface area contributed by atoms with Crippen molar-refractivity contribution in [3.05, 3.63) is 107 Å². The number of rotatable bonds is 10. The second kappa shape index (κ2) is 12.9. The Morgan fingerprint density at radius 3 is 2.26 bits per heavy atom. The van der Waals surface area contributed by atoms with Crippen molar-refractivity contribution in [1.29, 1.82) is 0 Å². The van der Waals surface area contributed by atoms with E-state index >= 15 is 0 Å². The summed E-state index contributed by atoms with van der Waals surface area (Å²) in [4.78, 5) is 11.1. The number of hydrogen-bond donors (Lipinski definition) is 1. The van der Waals surface area contributed by atoms with Crippen molar-refractivity contribution in [1.82, 2.24) is 0 Å². The largest absolute Gasteiger partial charge is 0.504 e. The number of ether oxygens (including phenoxy) is 3. The topological polar surface area (TPSA) is 65.0 Å². The number of methoxy groups -OCH3 is 2. The third kappa shape index (κ3) is 7.54. The summed E-state index contributed by atoms with van der Waals surface area (Å²) in [6.07, 6.45) is 2.01. The van der Waals surface area contributed by atoms with Crippen molar-refractivity contribution in [2.24, 2.45) is 0 Å². The van der Waals surface area contributed by atoms with E-state index < -0.39 is 12.1 Å². The lowest BCUT2D eigenvalue weighted by Crippen LogP contribution is -2.24. The zero-order valence-corrected chi connectivity index (χ0v) is 19.4. The molecule has 1 N–H and O–H groups in total. The highest BCUT2D eigenvalue weighted by molar-refractivity contribution is 5.72. The predicted octanol–water partition coefficient (Wildman–Crippen LogP) is 4.99. The smallest absolute Gasteiger partial charge is 0.333 e. The van der Waals surface area contributed by atoms with Gasteiger partial charge in [0, 0.05) is 25.5 Å². The van der Waals surface area contributed by atoms with Gasteiger partial charge in [-0.1, -0.05) is 66.4 Å². The quantitative estimate of drug-likeness (QED) is 0.344. The summed E-state index contributed by atoms with van der Waals surface area (Å²) in [5, 5.41) is 9.08. The molecule has 5 heteroatoms. The van der Waals surface area contributed by atoms with Crippen LogP contribution in [0.5, 0.6) is 5.75 Å². The minimum atomic E-state index is -0.973. The molecule has 0 amide bonds. The molecule has 34 heavy (non-hydrogen) atoms. The molecule has 0 aromatic heterocycles. The van der Waals surface area contributed by atoms with Crippen LogP contribution in [0.1, 0.15) is 22.3 Å². The van der Waals surface area contributed by atoms with Crippen LogP contribution in [0.4, 0.5) is 0 Å². The van der Waals surface area contributed by atoms with Gasteiger partial charge in [-0.3, -0.25) is 0 Å². The maximum atomic E-state index is 11.1. The summed E-state index contributed by atoms with van der Waals surface area (Å²) >= 11 is 0. The minimum Gasteiger partial charge on any atom is -0.504 e. The first kappa shape index (κ1) is 24.6. The first-order valence-electron chi connectivity index (χ1n) is 10.9. The number of carbonyl (C=O) groups is 1. The van der Waals surface area contributed by atoms with Gasteiger partial charge in [0.05, 0.1) is 13.4 Å². The third-order valence-corrected chi connectivity index (χ3v) is 5.20. The lowest BCUT2D eigenvalue weighted by Gasteiger charge is -2.10. The van der Waals surface area contributed by atoms with E-state index in [-0.39, 0.29) is 6.61 Å². The fourth-order valence-electron chi connectivity index (χ4n) is 3.40. The highest BCUT2D eigenvalue weighted by Crippen LogP contribution is 2.22. The Hall–Kier alpha value is -4.01. The molecular weight excluding hydrogens is 428 g/mol. The van der Waals surface area contributed by atoms with E-state index in [0.717, 1.165) is 34.4 Å². The molecule has 1 atom stereocenters. The SMILES string of the molecule is CO/C=C(/Cc1ccccc1)c1ccc(OCC#Cc2ccc(CC(OC)C(=O)O)cc2)cc1. The molecule has 3 aromatic carbocycles. The molecule has 0 aliphatic rings. The predicted molar refractivity (Wildman–Crippen MR) is 133 cm³/mol. The van der Waals surface area contributed by atoms with Gasteiger partial charge in [-0.15, -0.1) is 0 Å². The van der Waals surface area contributed by atoms with E-state index in [2.05, 4.69) is 24.0 Å². The Kier molecular flexibility index (Phi) is 9.33. The van der Waals surface area contributed by atoms with Crippen LogP contribution in [0, 0.1) is 11.8 Å². The lowest BCUT2D eigenvalue weighted by atomic mass is 9.99. The van der Waals surface area contributed by atoms with Crippen molar-refractivity contribution in [2.45, 2.75) is 18.9 Å². The van der Waals surface area contributed by atoms with Crippen molar-refractivity contribution >= 4 is 11.5 Å². The second-order valence-corrected chi connectivity index (χ2v) is 7.62. The van der Waals surface area contributed by atoms with E-state index in [9.17, 15) is 4.79 Å². The Morgan fingerprint density at radius 2 is 1.65 bits per heavy atom. The van der Waals surface area contributed by atoms with E-state index in [1.807, 2.05) is 66.7 Å². The van der Waals surface area contributed by atoms with Gasteiger partial charge < -0.3 is 19.3 Å². The van der Waals surface area contributed by atoms with Crippen LogP contribution >= 0.6 is 0 Å². The van der Waals surface area contributed by atoms with Gasteiger partial charge in [0.25, 0.3) is 0 Å². The molecule has 0 aliphatic heterocycles. The average molecular weight is 457 g/mol. The molecule has 3 rings (SSSR count). The lowest BCUT2D eigenvalue weighted by molar-refractivity contribution is -0.148. The van der Waals surface area contributed by atoms with Gasteiger partial charge in [-0.2, -0.15) is 0 Å². The van der Waals surface area contributed by atoms with E-state index in [1.54, 1.807) is 13.4 Å². The number of carboxylic acid groups (broad SMARTS) is 1. The molecule has 5 nitrogen and oxygen atoms in total. The van der Waals surface area contributed by atoms with Crippen LogP contribution < -0.4 is 4.74 Å². The zero-order chi connectivity index (χ0) is 24.2. The van der Waals surface area contributed by atoms with Gasteiger partial charge in [0.1, 0.15) is 12.4 Å². The average Bonchev–Trinajstić information content (AvgIpc) is 2.86. The highest BCUT2D eigenvalue weighted by Gasteiger charge is 2.16. The zero-order valence-electron chi connectivity index (χ0n) is 19.4. The van der Waals surface area contributed by atoms with Gasteiger partial charge in [0.2, 0.25) is 0 Å². The molecule has 0 saturated carbocycles. The summed E-state index contributed by atoms with van der Waals surface area (Å²) in [6.45, 7) is 0.261. The number of aliphatic carboxylic acids is 1. The van der Waals surface area contributed by atoms with E-state index in [0.29, 0.717) is 6.42 Å². The molecule has 0 heterocycles. The maximum absolute atomic E-state index is 11.1. The minimum absolute atomic E-state index is 0.261. The maximum Gasteiger partial charge on any atom is 0.333 e. The van der Waals surface area contributed by atoms with Crippen LogP contribution in [0.15, 0.2) is 85.1 Å². The van der Waals surface area contributed by atoms with Crippen molar-refractivity contribution < 1.29 is 24.1 Å². The standard InChI is InChI=1S/C29H28O5/c1-32-21-26(19-23-7-4-3-5-8-23)25-14-16-27(17-15-25)34-18-6-9-22-10-12-24(13-11-22)20-28(33-2)29(30)31/h3-5,7-8,10-17,21,28H,18-20H2,1-2H3,(H,30,31)/b26-21-. The van der Waals surface area contributed by atoms with Crippen molar-refractivity contribution in [3.63, 3.8) is 0 Å². The van der Waals surface area contributed by atoms with E-state index in [1.165, 1.54) is 12.7 Å². The van der Waals surface area contributed by atoms with Crippen LogP contribution in [0.3, 0.4) is 0 Å². The molecule has 0 fully saturated rings. The van der Waals surface area contributed by atoms with Crippen molar-refractivity contribution in [2.75, 3.05) is 20.8 Å². The molecule has 0 bridgehead atoms. The fraction of sp³-hybridized carbons (Fsp3) is 0.207. The third-order valence-electron chi connectivity index (χ3n) is 5.20. The Labute approximate surface area is 200 Å². The van der Waals surface area contributed by atoms with Gasteiger partial charge in [0.15, 0.2) is 6.10 Å². The monoisotopic (exact) mass is 456 g/mol.